The average molecular weight is 230 g/mol. The lowest BCUT2D eigenvalue weighted by Gasteiger charge is -2.23. The molecular weight excluding hydrogens is 208 g/mol. The Labute approximate surface area is 96.6 Å². The van der Waals surface area contributed by atoms with E-state index in [0.717, 1.165) is 12.2 Å². The number of rotatable bonds is 4. The second kappa shape index (κ2) is 6.38. The highest BCUT2D eigenvalue weighted by Crippen LogP contribution is 2.17. The molecule has 1 rings (SSSR count). The Bertz CT molecular complexity index is 203. The molecule has 1 fully saturated rings. The fourth-order valence-electron chi connectivity index (χ4n) is 1.59. The second-order valence-corrected chi connectivity index (χ2v) is 5.74. The topological polar surface area (TPSA) is 55.1 Å². The van der Waals surface area contributed by atoms with Crippen LogP contribution in [0.25, 0.3) is 0 Å². The van der Waals surface area contributed by atoms with Crippen molar-refractivity contribution in [3.05, 3.63) is 0 Å². The minimum absolute atomic E-state index is 0.0127. The van der Waals surface area contributed by atoms with Gasteiger partial charge in [0, 0.05) is 24.3 Å². The minimum atomic E-state index is -0.0127. The molecule has 0 aromatic carbocycles. The Kier molecular flexibility index (Phi) is 5.47. The normalized spacial score (nSPS) is 23.9. The maximum absolute atomic E-state index is 11.6. The molecule has 0 spiro atoms. The predicted octanol–water partition coefficient (Wildman–Crippen LogP) is 1.37. The molecule has 0 aromatic rings. The van der Waals surface area contributed by atoms with Gasteiger partial charge in [0.1, 0.15) is 0 Å². The zero-order chi connectivity index (χ0) is 11.3. The van der Waals surface area contributed by atoms with E-state index in [4.69, 9.17) is 5.73 Å². The van der Waals surface area contributed by atoms with Gasteiger partial charge >= 0.3 is 0 Å². The van der Waals surface area contributed by atoms with Crippen LogP contribution in [0.4, 0.5) is 0 Å². The molecule has 1 aliphatic rings. The average Bonchev–Trinajstić information content (AvgIpc) is 2.18. The molecule has 0 aromatic heterocycles. The van der Waals surface area contributed by atoms with Crippen molar-refractivity contribution in [2.45, 2.75) is 45.2 Å². The molecule has 3 nitrogen and oxygen atoms in total. The van der Waals surface area contributed by atoms with Gasteiger partial charge < -0.3 is 11.1 Å². The van der Waals surface area contributed by atoms with Crippen LogP contribution in [0.15, 0.2) is 0 Å². The van der Waals surface area contributed by atoms with Gasteiger partial charge in [-0.05, 0) is 24.5 Å². The summed E-state index contributed by atoms with van der Waals surface area (Å²) in [6.07, 6.45) is 2.79. The first-order chi connectivity index (χ1) is 7.09. The van der Waals surface area contributed by atoms with Gasteiger partial charge in [0.25, 0.3) is 0 Å². The maximum Gasteiger partial charge on any atom is 0.221 e. The van der Waals surface area contributed by atoms with E-state index in [2.05, 4.69) is 19.2 Å². The molecule has 1 aliphatic heterocycles. The molecule has 3 N–H and O–H groups in total. The number of amides is 1. The molecule has 2 unspecified atom stereocenters. The number of hydrogen-bond acceptors (Lipinski definition) is 3. The molecular formula is C11H22N2OS. The zero-order valence-corrected chi connectivity index (χ0v) is 10.5. The fourth-order valence-corrected chi connectivity index (χ4v) is 2.66. The summed E-state index contributed by atoms with van der Waals surface area (Å²) in [4.78, 5) is 11.6. The number of carbonyl (C=O) groups excluding carboxylic acids is 1. The van der Waals surface area contributed by atoms with Crippen LogP contribution in [0.3, 0.4) is 0 Å². The van der Waals surface area contributed by atoms with Crippen molar-refractivity contribution in [2.75, 3.05) is 11.5 Å². The van der Waals surface area contributed by atoms with E-state index < -0.39 is 0 Å². The molecule has 0 radical (unpaired) electrons. The van der Waals surface area contributed by atoms with Gasteiger partial charge in [0.2, 0.25) is 5.91 Å². The van der Waals surface area contributed by atoms with E-state index in [1.807, 2.05) is 11.8 Å². The number of nitrogens with one attached hydrogen (secondary N) is 1. The number of carbonyl (C=O) groups is 1. The van der Waals surface area contributed by atoms with E-state index in [-0.39, 0.29) is 11.9 Å². The van der Waals surface area contributed by atoms with Crippen molar-refractivity contribution >= 4 is 17.7 Å². The van der Waals surface area contributed by atoms with Crippen LogP contribution in [0.2, 0.25) is 0 Å². The molecule has 0 aliphatic carbocycles. The van der Waals surface area contributed by atoms with Crippen LogP contribution >= 0.6 is 11.8 Å². The van der Waals surface area contributed by atoms with Crippen LogP contribution in [0.1, 0.15) is 33.1 Å². The van der Waals surface area contributed by atoms with E-state index in [9.17, 15) is 4.79 Å². The van der Waals surface area contributed by atoms with Crippen molar-refractivity contribution in [1.29, 1.82) is 0 Å². The highest BCUT2D eigenvalue weighted by molar-refractivity contribution is 7.99. The van der Waals surface area contributed by atoms with Gasteiger partial charge in [0.15, 0.2) is 0 Å². The largest absolute Gasteiger partial charge is 0.352 e. The number of nitrogens with two attached hydrogens (primary N) is 1. The van der Waals surface area contributed by atoms with E-state index >= 15 is 0 Å². The van der Waals surface area contributed by atoms with Crippen molar-refractivity contribution in [1.82, 2.24) is 5.32 Å². The van der Waals surface area contributed by atoms with Crippen LogP contribution in [0.5, 0.6) is 0 Å². The number of hydrogen-bond donors (Lipinski definition) is 2. The Morgan fingerprint density at radius 3 is 2.87 bits per heavy atom. The molecule has 0 saturated carbocycles. The first-order valence-electron chi connectivity index (χ1n) is 5.72. The van der Waals surface area contributed by atoms with Crippen molar-refractivity contribution in [2.24, 2.45) is 11.7 Å². The Hall–Kier alpha value is -0.220. The Morgan fingerprint density at radius 2 is 2.33 bits per heavy atom. The van der Waals surface area contributed by atoms with Gasteiger partial charge in [-0.15, -0.1) is 0 Å². The summed E-state index contributed by atoms with van der Waals surface area (Å²) in [6, 6.07) is 0.358. The zero-order valence-electron chi connectivity index (χ0n) is 9.66. The molecule has 88 valence electrons. The number of thioether (sulfide) groups is 1. The molecule has 4 heteroatoms. The quantitative estimate of drug-likeness (QED) is 0.767. The van der Waals surface area contributed by atoms with E-state index in [1.165, 1.54) is 12.2 Å². The highest BCUT2D eigenvalue weighted by Gasteiger charge is 2.18. The third-order valence-corrected chi connectivity index (χ3v) is 4.02. The van der Waals surface area contributed by atoms with Gasteiger partial charge in [-0.3, -0.25) is 4.79 Å². The fraction of sp³-hybridized carbons (Fsp3) is 0.909. The summed E-state index contributed by atoms with van der Waals surface area (Å²) in [5.74, 6) is 2.78. The first kappa shape index (κ1) is 12.8. The predicted molar refractivity (Wildman–Crippen MR) is 65.9 cm³/mol. The lowest BCUT2D eigenvalue weighted by molar-refractivity contribution is -0.122. The Balaban J connectivity index is 2.22. The third-order valence-electron chi connectivity index (χ3n) is 2.80. The summed E-state index contributed by atoms with van der Waals surface area (Å²) < 4.78 is 0. The standard InChI is InChI=1S/C11H22N2OS/c1-8(2)10(12)6-11(14)13-9-4-3-5-15-7-9/h8-10H,3-7,12H2,1-2H3,(H,13,14). The van der Waals surface area contributed by atoms with Crippen LogP contribution < -0.4 is 11.1 Å². The maximum atomic E-state index is 11.6. The lowest BCUT2D eigenvalue weighted by atomic mass is 10.0. The summed E-state index contributed by atoms with van der Waals surface area (Å²) >= 11 is 1.92. The Morgan fingerprint density at radius 1 is 1.60 bits per heavy atom. The molecule has 2 atom stereocenters. The molecule has 15 heavy (non-hydrogen) atoms. The molecule has 1 amide bonds. The summed E-state index contributed by atoms with van der Waals surface area (Å²) in [6.45, 7) is 4.10. The van der Waals surface area contributed by atoms with Crippen LogP contribution in [-0.2, 0) is 4.79 Å². The van der Waals surface area contributed by atoms with Gasteiger partial charge in [0.05, 0.1) is 0 Å². The van der Waals surface area contributed by atoms with Gasteiger partial charge in [-0.25, -0.2) is 0 Å². The summed E-state index contributed by atoms with van der Waals surface area (Å²) in [5.41, 5.74) is 5.86. The molecule has 0 bridgehead atoms. The van der Waals surface area contributed by atoms with Crippen molar-refractivity contribution in [3.8, 4) is 0 Å². The summed E-state index contributed by atoms with van der Waals surface area (Å²) in [7, 11) is 0. The van der Waals surface area contributed by atoms with Gasteiger partial charge in [-0.2, -0.15) is 11.8 Å². The van der Waals surface area contributed by atoms with Crippen LogP contribution in [-0.4, -0.2) is 29.5 Å². The van der Waals surface area contributed by atoms with E-state index in [1.54, 1.807) is 0 Å². The first-order valence-corrected chi connectivity index (χ1v) is 6.87. The van der Waals surface area contributed by atoms with Gasteiger partial charge in [-0.1, -0.05) is 13.8 Å². The van der Waals surface area contributed by atoms with Crippen molar-refractivity contribution < 1.29 is 4.79 Å². The molecule has 1 saturated heterocycles. The lowest BCUT2D eigenvalue weighted by Crippen LogP contribution is -2.42. The SMILES string of the molecule is CC(C)C(N)CC(=O)NC1CCCSC1. The highest BCUT2D eigenvalue weighted by atomic mass is 32.2. The summed E-state index contributed by atoms with van der Waals surface area (Å²) in [5, 5.41) is 3.06. The smallest absolute Gasteiger partial charge is 0.221 e. The third kappa shape index (κ3) is 4.89. The van der Waals surface area contributed by atoms with E-state index in [0.29, 0.717) is 18.4 Å². The second-order valence-electron chi connectivity index (χ2n) is 4.59. The molecule has 1 heterocycles. The van der Waals surface area contributed by atoms with Crippen LogP contribution in [0, 0.1) is 5.92 Å². The van der Waals surface area contributed by atoms with Crippen molar-refractivity contribution in [3.63, 3.8) is 0 Å². The monoisotopic (exact) mass is 230 g/mol. The minimum Gasteiger partial charge on any atom is -0.352 e.